The van der Waals surface area contributed by atoms with Gasteiger partial charge in [0.25, 0.3) is 0 Å². The molecule has 5 nitrogen and oxygen atoms in total. The van der Waals surface area contributed by atoms with E-state index in [1.807, 2.05) is 44.9 Å². The van der Waals surface area contributed by atoms with Gasteiger partial charge in [0.05, 0.1) is 0 Å². The van der Waals surface area contributed by atoms with E-state index in [4.69, 9.17) is 4.74 Å². The van der Waals surface area contributed by atoms with Crippen molar-refractivity contribution >= 4 is 11.9 Å². The number of ether oxygens (including phenoxy) is 1. The fraction of sp³-hybridized carbons (Fsp3) is 0.800. The number of hydrogen-bond donors (Lipinski definition) is 0. The molecule has 5 heteroatoms. The highest BCUT2D eigenvalue weighted by atomic mass is 16.6. The van der Waals surface area contributed by atoms with Crippen LogP contribution in [0.25, 0.3) is 0 Å². The van der Waals surface area contributed by atoms with Crippen molar-refractivity contribution in [3.63, 3.8) is 0 Å². The Kier molecular flexibility index (Phi) is 6.91. The maximum atomic E-state index is 12.2. The second-order valence-electron chi connectivity index (χ2n) is 8.29. The molecule has 2 aliphatic heterocycles. The van der Waals surface area contributed by atoms with E-state index in [1.54, 1.807) is 0 Å². The summed E-state index contributed by atoms with van der Waals surface area (Å²) in [4.78, 5) is 20.9. The lowest BCUT2D eigenvalue weighted by atomic mass is 9.79. The molecule has 0 saturated carbocycles. The summed E-state index contributed by atoms with van der Waals surface area (Å²) in [5.74, 6) is 2.65. The number of hydrogen-bond acceptors (Lipinski definition) is 3. The van der Waals surface area contributed by atoms with Gasteiger partial charge in [-0.2, -0.15) is 0 Å². The fourth-order valence-corrected chi connectivity index (χ4v) is 3.84. The normalized spacial score (nSPS) is 21.9. The molecule has 0 bridgehead atoms. The van der Waals surface area contributed by atoms with Crippen LogP contribution in [0.1, 0.15) is 60.3 Å². The Morgan fingerprint density at radius 1 is 1.00 bits per heavy atom. The minimum atomic E-state index is -0.410. The van der Waals surface area contributed by atoms with E-state index in [-0.39, 0.29) is 6.09 Å². The van der Waals surface area contributed by atoms with Crippen LogP contribution in [0.5, 0.6) is 0 Å². The van der Waals surface area contributed by atoms with E-state index in [9.17, 15) is 4.79 Å². The molecule has 2 rings (SSSR count). The fourth-order valence-electron chi connectivity index (χ4n) is 3.84. The van der Waals surface area contributed by atoms with Crippen molar-refractivity contribution in [1.82, 2.24) is 9.80 Å². The minimum absolute atomic E-state index is 0.156. The van der Waals surface area contributed by atoms with Gasteiger partial charge in [-0.3, -0.25) is 0 Å². The summed E-state index contributed by atoms with van der Waals surface area (Å²) in [5, 5.41) is 0. The minimum Gasteiger partial charge on any atom is -0.444 e. The van der Waals surface area contributed by atoms with Crippen LogP contribution in [0, 0.1) is 11.8 Å². The van der Waals surface area contributed by atoms with E-state index in [1.165, 1.54) is 12.8 Å². The molecule has 1 amide bonds. The van der Waals surface area contributed by atoms with Crippen molar-refractivity contribution in [2.24, 2.45) is 16.8 Å². The van der Waals surface area contributed by atoms with Crippen molar-refractivity contribution in [1.29, 1.82) is 0 Å². The van der Waals surface area contributed by atoms with Gasteiger partial charge in [-0.1, -0.05) is 6.08 Å². The maximum absolute atomic E-state index is 12.2. The third-order valence-electron chi connectivity index (χ3n) is 5.27. The van der Waals surface area contributed by atoms with Gasteiger partial charge in [-0.05, 0) is 72.1 Å². The second kappa shape index (κ2) is 8.72. The first-order valence-corrected chi connectivity index (χ1v) is 9.68. The summed E-state index contributed by atoms with van der Waals surface area (Å²) < 4.78 is 5.49. The molecule has 0 aliphatic carbocycles. The van der Waals surface area contributed by atoms with Gasteiger partial charge >= 0.3 is 6.09 Å². The largest absolute Gasteiger partial charge is 0.444 e. The van der Waals surface area contributed by atoms with E-state index in [2.05, 4.69) is 16.8 Å². The van der Waals surface area contributed by atoms with Crippen molar-refractivity contribution < 1.29 is 9.53 Å². The Bertz CT molecular complexity index is 492. The van der Waals surface area contributed by atoms with Gasteiger partial charge < -0.3 is 14.5 Å². The highest BCUT2D eigenvalue weighted by Crippen LogP contribution is 2.33. The predicted molar refractivity (Wildman–Crippen MR) is 103 cm³/mol. The van der Waals surface area contributed by atoms with Crippen molar-refractivity contribution in [2.75, 3.05) is 26.2 Å². The predicted octanol–water partition coefficient (Wildman–Crippen LogP) is 4.30. The van der Waals surface area contributed by atoms with E-state index < -0.39 is 5.60 Å². The number of allylic oxidation sites excluding steroid dienone is 1. The average molecular weight is 350 g/mol. The van der Waals surface area contributed by atoms with Crippen LogP contribution >= 0.6 is 0 Å². The molecule has 2 saturated heterocycles. The number of piperidine rings is 2. The molecule has 0 aromatic carbocycles. The van der Waals surface area contributed by atoms with Crippen molar-refractivity contribution in [3.05, 3.63) is 12.3 Å². The first-order valence-electron chi connectivity index (χ1n) is 9.68. The zero-order valence-electron chi connectivity index (χ0n) is 16.6. The Morgan fingerprint density at radius 3 is 1.92 bits per heavy atom. The summed E-state index contributed by atoms with van der Waals surface area (Å²) in [6, 6.07) is 0. The molecule has 0 aromatic rings. The standard InChI is InChI=1S/C20H35N3O2/c1-6-11-21-16(2)22-12-7-17(8-13-22)18-9-14-23(15-10-18)19(24)25-20(3,4)5/h6,11,17-18H,7-10,12-15H2,1-5H3/b11-6-,21-16+. The summed E-state index contributed by atoms with van der Waals surface area (Å²) in [7, 11) is 0. The van der Waals surface area contributed by atoms with Crippen LogP contribution in [-0.4, -0.2) is 53.5 Å². The van der Waals surface area contributed by atoms with Crippen molar-refractivity contribution in [3.8, 4) is 0 Å². The molecule has 0 N–H and O–H groups in total. The number of carbonyl (C=O) groups is 1. The lowest BCUT2D eigenvalue weighted by Crippen LogP contribution is -2.45. The first-order chi connectivity index (χ1) is 11.8. The Balaban J connectivity index is 1.76. The maximum Gasteiger partial charge on any atom is 0.410 e. The first kappa shape index (κ1) is 19.8. The molecular formula is C20H35N3O2. The van der Waals surface area contributed by atoms with Crippen LogP contribution in [0.2, 0.25) is 0 Å². The molecule has 0 spiro atoms. The zero-order valence-corrected chi connectivity index (χ0v) is 16.6. The average Bonchev–Trinajstić information content (AvgIpc) is 2.58. The number of amides is 1. The Labute approximate surface area is 153 Å². The molecule has 0 unspecified atom stereocenters. The van der Waals surface area contributed by atoms with Gasteiger partial charge in [0.15, 0.2) is 0 Å². The van der Waals surface area contributed by atoms with Gasteiger partial charge in [-0.15, -0.1) is 0 Å². The third kappa shape index (κ3) is 6.05. The molecule has 0 radical (unpaired) electrons. The summed E-state index contributed by atoms with van der Waals surface area (Å²) >= 11 is 0. The third-order valence-corrected chi connectivity index (χ3v) is 5.27. The molecule has 2 heterocycles. The van der Waals surface area contributed by atoms with Crippen LogP contribution in [0.3, 0.4) is 0 Å². The van der Waals surface area contributed by atoms with Crippen molar-refractivity contribution in [2.45, 2.75) is 65.9 Å². The quantitative estimate of drug-likeness (QED) is 0.551. The number of amidine groups is 1. The van der Waals surface area contributed by atoms with Gasteiger partial charge in [-0.25, -0.2) is 9.79 Å². The number of aliphatic imine (C=N–C) groups is 1. The van der Waals surface area contributed by atoms with E-state index in [0.29, 0.717) is 0 Å². The smallest absolute Gasteiger partial charge is 0.410 e. The van der Waals surface area contributed by atoms with Crippen LogP contribution in [0.4, 0.5) is 4.79 Å². The number of rotatable bonds is 2. The molecule has 2 fully saturated rings. The topological polar surface area (TPSA) is 45.1 Å². The summed E-state index contributed by atoms with van der Waals surface area (Å²) in [5.41, 5.74) is -0.410. The molecule has 25 heavy (non-hydrogen) atoms. The number of nitrogens with zero attached hydrogens (tertiary/aromatic N) is 3. The van der Waals surface area contributed by atoms with Crippen LogP contribution in [-0.2, 0) is 4.74 Å². The summed E-state index contributed by atoms with van der Waals surface area (Å²) in [6.07, 6.45) is 8.37. The van der Waals surface area contributed by atoms with Gasteiger partial charge in [0.2, 0.25) is 0 Å². The van der Waals surface area contributed by atoms with Crippen LogP contribution < -0.4 is 0 Å². The second-order valence-corrected chi connectivity index (χ2v) is 8.29. The lowest BCUT2D eigenvalue weighted by Gasteiger charge is -2.40. The lowest BCUT2D eigenvalue weighted by molar-refractivity contribution is 0.0143. The van der Waals surface area contributed by atoms with E-state index in [0.717, 1.165) is 56.7 Å². The van der Waals surface area contributed by atoms with Gasteiger partial charge in [0.1, 0.15) is 11.4 Å². The number of likely N-dealkylation sites (tertiary alicyclic amines) is 2. The molecule has 142 valence electrons. The Morgan fingerprint density at radius 2 is 1.48 bits per heavy atom. The molecule has 0 aromatic heterocycles. The Hall–Kier alpha value is -1.52. The highest BCUT2D eigenvalue weighted by Gasteiger charge is 2.32. The zero-order chi connectivity index (χ0) is 18.4. The molecular weight excluding hydrogens is 314 g/mol. The SMILES string of the molecule is C/C=C\N=C(/C)N1CCC(C2CCN(C(=O)OC(C)(C)C)CC2)CC1. The molecule has 2 aliphatic rings. The molecule has 0 atom stereocenters. The summed E-state index contributed by atoms with van der Waals surface area (Å²) in [6.45, 7) is 13.7. The van der Waals surface area contributed by atoms with Gasteiger partial charge in [0, 0.05) is 32.4 Å². The highest BCUT2D eigenvalue weighted by molar-refractivity contribution is 5.80. The van der Waals surface area contributed by atoms with E-state index >= 15 is 0 Å². The van der Waals surface area contributed by atoms with Crippen LogP contribution in [0.15, 0.2) is 17.3 Å². The monoisotopic (exact) mass is 349 g/mol. The number of carbonyl (C=O) groups excluding carboxylic acids is 1.